The Labute approximate surface area is 180 Å². The smallest absolute Gasteiger partial charge is 0.119 e. The minimum Gasteiger partial charge on any atom is -0.491 e. The lowest BCUT2D eigenvalue weighted by atomic mass is 9.85. The fourth-order valence-corrected chi connectivity index (χ4v) is 3.97. The van der Waals surface area contributed by atoms with Gasteiger partial charge < -0.3 is 4.74 Å². The Morgan fingerprint density at radius 2 is 1.28 bits per heavy atom. The van der Waals surface area contributed by atoms with Crippen LogP contribution in [0.25, 0.3) is 0 Å². The van der Waals surface area contributed by atoms with Gasteiger partial charge in [0.15, 0.2) is 0 Å². The van der Waals surface area contributed by atoms with Gasteiger partial charge in [0.2, 0.25) is 0 Å². The van der Waals surface area contributed by atoms with Gasteiger partial charge in [0.25, 0.3) is 0 Å². The molecule has 0 aliphatic carbocycles. The van der Waals surface area contributed by atoms with E-state index in [1.165, 1.54) is 29.5 Å². The summed E-state index contributed by atoms with van der Waals surface area (Å²) in [6.45, 7) is 6.42. The fourth-order valence-electron chi connectivity index (χ4n) is 3.85. The number of hydrogen-bond acceptors (Lipinski definition) is 1. The molecule has 2 heteroatoms. The maximum atomic E-state index is 6.03. The third kappa shape index (κ3) is 6.37. The second-order valence-corrected chi connectivity index (χ2v) is 8.52. The summed E-state index contributed by atoms with van der Waals surface area (Å²) in [7, 11) is 0. The first-order chi connectivity index (χ1) is 14.0. The lowest BCUT2D eigenvalue weighted by Crippen LogP contribution is -2.06. The summed E-state index contributed by atoms with van der Waals surface area (Å²) in [6.07, 6.45) is 3.67. The molecule has 152 valence electrons. The van der Waals surface area contributed by atoms with Crippen LogP contribution in [0.5, 0.6) is 5.75 Å². The van der Waals surface area contributed by atoms with E-state index in [4.69, 9.17) is 16.3 Å². The molecule has 3 rings (SSSR count). The van der Waals surface area contributed by atoms with E-state index in [2.05, 4.69) is 87.5 Å². The molecule has 29 heavy (non-hydrogen) atoms. The largest absolute Gasteiger partial charge is 0.491 e. The van der Waals surface area contributed by atoms with Gasteiger partial charge >= 0.3 is 0 Å². The van der Waals surface area contributed by atoms with Crippen molar-refractivity contribution in [1.29, 1.82) is 0 Å². The molecule has 0 bridgehead atoms. The third-order valence-corrected chi connectivity index (χ3v) is 5.68. The number of hydrogen-bond donors (Lipinski definition) is 0. The predicted octanol–water partition coefficient (Wildman–Crippen LogP) is 8.23. The van der Waals surface area contributed by atoms with Gasteiger partial charge in [0.05, 0.1) is 6.10 Å². The molecule has 0 aliphatic rings. The molecule has 3 aromatic carbocycles. The fraction of sp³-hybridized carbons (Fsp3) is 0.333. The Balaban J connectivity index is 1.68. The first kappa shape index (κ1) is 21.5. The maximum Gasteiger partial charge on any atom is 0.119 e. The van der Waals surface area contributed by atoms with E-state index < -0.39 is 0 Å². The average molecular weight is 407 g/mol. The average Bonchev–Trinajstić information content (AvgIpc) is 2.72. The van der Waals surface area contributed by atoms with Crippen molar-refractivity contribution in [3.05, 3.63) is 101 Å². The minimum atomic E-state index is 0.195. The zero-order valence-corrected chi connectivity index (χ0v) is 18.4. The van der Waals surface area contributed by atoms with E-state index in [9.17, 15) is 0 Å². The van der Waals surface area contributed by atoms with E-state index in [1.807, 2.05) is 12.1 Å². The zero-order valence-electron chi connectivity index (χ0n) is 17.6. The van der Waals surface area contributed by atoms with Gasteiger partial charge in [0.1, 0.15) is 5.75 Å². The summed E-state index contributed by atoms with van der Waals surface area (Å²) in [4.78, 5) is 0. The van der Waals surface area contributed by atoms with Crippen molar-refractivity contribution in [2.24, 2.45) is 0 Å². The SMILES string of the molecule is CC(C)Oc1ccc(C(CCCC(C)c2ccc(Cl)cc2)c2ccccc2)cc1. The Bertz CT molecular complexity index is 853. The van der Waals surface area contributed by atoms with Crippen LogP contribution < -0.4 is 4.74 Å². The monoisotopic (exact) mass is 406 g/mol. The summed E-state index contributed by atoms with van der Waals surface area (Å²) in [6, 6.07) is 27.7. The van der Waals surface area contributed by atoms with Crippen molar-refractivity contribution >= 4 is 11.6 Å². The van der Waals surface area contributed by atoms with Crippen LogP contribution in [0, 0.1) is 0 Å². The molecule has 2 unspecified atom stereocenters. The van der Waals surface area contributed by atoms with Crippen LogP contribution in [0.2, 0.25) is 5.02 Å². The maximum absolute atomic E-state index is 6.03. The highest BCUT2D eigenvalue weighted by Crippen LogP contribution is 2.33. The first-order valence-corrected chi connectivity index (χ1v) is 11.0. The highest BCUT2D eigenvalue weighted by molar-refractivity contribution is 6.30. The zero-order chi connectivity index (χ0) is 20.6. The molecule has 0 radical (unpaired) electrons. The van der Waals surface area contributed by atoms with Gasteiger partial charge in [-0.25, -0.2) is 0 Å². The molecule has 0 aromatic heterocycles. The highest BCUT2D eigenvalue weighted by atomic mass is 35.5. The van der Waals surface area contributed by atoms with Crippen LogP contribution >= 0.6 is 11.6 Å². The molecule has 2 atom stereocenters. The van der Waals surface area contributed by atoms with Crippen molar-refractivity contribution < 1.29 is 4.74 Å². The lowest BCUT2D eigenvalue weighted by molar-refractivity contribution is 0.242. The van der Waals surface area contributed by atoms with Crippen LogP contribution in [0.1, 0.15) is 68.6 Å². The molecule has 0 N–H and O–H groups in total. The first-order valence-electron chi connectivity index (χ1n) is 10.6. The van der Waals surface area contributed by atoms with Crippen LogP contribution in [0.3, 0.4) is 0 Å². The minimum absolute atomic E-state index is 0.195. The van der Waals surface area contributed by atoms with Crippen LogP contribution in [-0.4, -0.2) is 6.10 Å². The Hall–Kier alpha value is -2.25. The lowest BCUT2D eigenvalue weighted by Gasteiger charge is -2.20. The van der Waals surface area contributed by atoms with Gasteiger partial charge in [-0.05, 0) is 73.6 Å². The second kappa shape index (κ2) is 10.5. The topological polar surface area (TPSA) is 9.23 Å². The molecule has 3 aromatic rings. The van der Waals surface area contributed by atoms with Gasteiger partial charge in [-0.1, -0.05) is 79.5 Å². The van der Waals surface area contributed by atoms with E-state index in [0.29, 0.717) is 11.8 Å². The summed E-state index contributed by atoms with van der Waals surface area (Å²) in [5.41, 5.74) is 4.09. The summed E-state index contributed by atoms with van der Waals surface area (Å²) in [5, 5.41) is 0.801. The molecular formula is C27H31ClO. The molecule has 1 nitrogen and oxygen atoms in total. The van der Waals surface area contributed by atoms with E-state index in [-0.39, 0.29) is 6.10 Å². The van der Waals surface area contributed by atoms with E-state index in [0.717, 1.165) is 17.2 Å². The van der Waals surface area contributed by atoms with Crippen LogP contribution in [-0.2, 0) is 0 Å². The summed E-state index contributed by atoms with van der Waals surface area (Å²) >= 11 is 6.03. The normalized spacial score (nSPS) is 13.3. The molecule has 0 amide bonds. The number of benzene rings is 3. The summed E-state index contributed by atoms with van der Waals surface area (Å²) in [5.74, 6) is 1.87. The van der Waals surface area contributed by atoms with Gasteiger partial charge in [-0.2, -0.15) is 0 Å². The van der Waals surface area contributed by atoms with Crippen molar-refractivity contribution in [2.45, 2.75) is 58.0 Å². The van der Waals surface area contributed by atoms with Gasteiger partial charge in [-0.15, -0.1) is 0 Å². The Kier molecular flexibility index (Phi) is 7.77. The quantitative estimate of drug-likeness (QED) is 0.347. The molecule has 0 spiro atoms. The molecule has 0 saturated heterocycles. The third-order valence-electron chi connectivity index (χ3n) is 5.43. The van der Waals surface area contributed by atoms with Crippen LogP contribution in [0.4, 0.5) is 0 Å². The number of ether oxygens (including phenoxy) is 1. The summed E-state index contributed by atoms with van der Waals surface area (Å²) < 4.78 is 5.82. The molecule has 0 fully saturated rings. The highest BCUT2D eigenvalue weighted by Gasteiger charge is 2.15. The van der Waals surface area contributed by atoms with Crippen molar-refractivity contribution in [3.63, 3.8) is 0 Å². The molecule has 0 aliphatic heterocycles. The van der Waals surface area contributed by atoms with Crippen LogP contribution in [0.15, 0.2) is 78.9 Å². The Morgan fingerprint density at radius 3 is 1.90 bits per heavy atom. The van der Waals surface area contributed by atoms with Gasteiger partial charge in [-0.3, -0.25) is 0 Å². The number of rotatable bonds is 9. The van der Waals surface area contributed by atoms with Crippen molar-refractivity contribution in [3.8, 4) is 5.75 Å². The van der Waals surface area contributed by atoms with E-state index >= 15 is 0 Å². The molecule has 0 heterocycles. The Morgan fingerprint density at radius 1 is 0.690 bits per heavy atom. The molecule has 0 saturated carbocycles. The predicted molar refractivity (Wildman–Crippen MR) is 124 cm³/mol. The second-order valence-electron chi connectivity index (χ2n) is 8.08. The number of halogens is 1. The molecular weight excluding hydrogens is 376 g/mol. The van der Waals surface area contributed by atoms with Gasteiger partial charge in [0, 0.05) is 10.9 Å². The van der Waals surface area contributed by atoms with Crippen molar-refractivity contribution in [2.75, 3.05) is 0 Å². The standard InChI is InChI=1S/C27H31ClO/c1-20(2)29-26-18-14-24(15-19-26)27(23-9-5-4-6-10-23)11-7-8-21(3)22-12-16-25(28)17-13-22/h4-6,9-10,12-21,27H,7-8,11H2,1-3H3. The van der Waals surface area contributed by atoms with Crippen molar-refractivity contribution in [1.82, 2.24) is 0 Å². The van der Waals surface area contributed by atoms with E-state index in [1.54, 1.807) is 0 Å².